The molecule has 0 aliphatic rings. The molecule has 0 aliphatic heterocycles. The van der Waals surface area contributed by atoms with Crippen molar-refractivity contribution >= 4 is 27.3 Å². The quantitative estimate of drug-likeness (QED) is 0.851. The van der Waals surface area contributed by atoms with Crippen LogP contribution in [0.1, 0.15) is 27.7 Å². The zero-order valence-electron chi connectivity index (χ0n) is 11.7. The van der Waals surface area contributed by atoms with Crippen molar-refractivity contribution in [3.8, 4) is 0 Å². The number of nitrogens with two attached hydrogens (primary N) is 1. The Bertz CT molecular complexity index is 542. The van der Waals surface area contributed by atoms with Crippen LogP contribution in [0.4, 0.5) is 5.69 Å². The summed E-state index contributed by atoms with van der Waals surface area (Å²) in [6, 6.07) is 4.37. The van der Waals surface area contributed by atoms with Crippen molar-refractivity contribution in [3.05, 3.63) is 23.2 Å². The van der Waals surface area contributed by atoms with Gasteiger partial charge < -0.3 is 5.73 Å². The average molecular weight is 305 g/mol. The van der Waals surface area contributed by atoms with Gasteiger partial charge in [-0.3, -0.25) is 0 Å². The molecule has 19 heavy (non-hydrogen) atoms. The molecule has 0 saturated carbocycles. The number of anilines is 1. The fourth-order valence-electron chi connectivity index (χ4n) is 1.80. The van der Waals surface area contributed by atoms with E-state index in [0.717, 1.165) is 0 Å². The minimum Gasteiger partial charge on any atom is -0.398 e. The van der Waals surface area contributed by atoms with Crippen LogP contribution in [0.2, 0.25) is 5.02 Å². The Balaban J connectivity index is 3.30. The van der Waals surface area contributed by atoms with E-state index >= 15 is 0 Å². The minimum absolute atomic E-state index is 0.0781. The molecule has 0 radical (unpaired) electrons. The van der Waals surface area contributed by atoms with Gasteiger partial charge in [0, 0.05) is 17.6 Å². The first kappa shape index (κ1) is 16.3. The molecular formula is C13H21ClN2O2S. The fourth-order valence-corrected chi connectivity index (χ4v) is 3.99. The molecule has 0 aliphatic carbocycles. The van der Waals surface area contributed by atoms with Crippen molar-refractivity contribution < 1.29 is 8.42 Å². The molecule has 0 amide bonds. The highest BCUT2D eigenvalue weighted by Crippen LogP contribution is 2.27. The van der Waals surface area contributed by atoms with E-state index in [9.17, 15) is 8.42 Å². The summed E-state index contributed by atoms with van der Waals surface area (Å²) in [5, 5.41) is 0.362. The summed E-state index contributed by atoms with van der Waals surface area (Å²) in [5.74, 6) is 0.234. The zero-order valence-corrected chi connectivity index (χ0v) is 13.3. The van der Waals surface area contributed by atoms with Gasteiger partial charge in [0.1, 0.15) is 4.90 Å². The second-order valence-electron chi connectivity index (χ2n) is 5.24. The van der Waals surface area contributed by atoms with Gasteiger partial charge in [-0.2, -0.15) is 4.31 Å². The predicted octanol–water partition coefficient (Wildman–Crippen LogP) is 2.98. The molecule has 0 bridgehead atoms. The van der Waals surface area contributed by atoms with Crippen LogP contribution < -0.4 is 5.73 Å². The smallest absolute Gasteiger partial charge is 0.245 e. The highest BCUT2D eigenvalue weighted by Gasteiger charge is 2.29. The van der Waals surface area contributed by atoms with E-state index in [1.54, 1.807) is 6.07 Å². The molecule has 0 fully saturated rings. The molecule has 0 spiro atoms. The zero-order chi connectivity index (χ0) is 14.8. The lowest BCUT2D eigenvalue weighted by Gasteiger charge is -2.28. The molecule has 0 aromatic heterocycles. The van der Waals surface area contributed by atoms with E-state index in [-0.39, 0.29) is 22.5 Å². The summed E-state index contributed by atoms with van der Waals surface area (Å²) in [6.45, 7) is 8.10. The third-order valence-electron chi connectivity index (χ3n) is 2.68. The Morgan fingerprint density at radius 1 is 1.26 bits per heavy atom. The Labute approximate surface area is 120 Å². The Morgan fingerprint density at radius 3 is 2.32 bits per heavy atom. The van der Waals surface area contributed by atoms with Crippen LogP contribution >= 0.6 is 11.6 Å². The van der Waals surface area contributed by atoms with Gasteiger partial charge in [-0.25, -0.2) is 8.42 Å². The van der Waals surface area contributed by atoms with E-state index < -0.39 is 10.0 Å². The molecule has 108 valence electrons. The largest absolute Gasteiger partial charge is 0.398 e. The van der Waals surface area contributed by atoms with Crippen molar-refractivity contribution in [1.29, 1.82) is 0 Å². The summed E-state index contributed by atoms with van der Waals surface area (Å²) in [4.78, 5) is 0.0781. The van der Waals surface area contributed by atoms with Crippen molar-refractivity contribution in [1.82, 2.24) is 4.31 Å². The Kier molecular flexibility index (Phi) is 5.24. The maximum Gasteiger partial charge on any atom is 0.245 e. The Morgan fingerprint density at radius 2 is 1.84 bits per heavy atom. The normalized spacial score (nSPS) is 12.6. The molecule has 1 aromatic rings. The van der Waals surface area contributed by atoms with Crippen molar-refractivity contribution in [2.45, 2.75) is 38.6 Å². The Hall–Kier alpha value is -0.780. The number of nitrogen functional groups attached to an aromatic ring is 1. The molecule has 6 heteroatoms. The second-order valence-corrected chi connectivity index (χ2v) is 7.54. The number of benzene rings is 1. The van der Waals surface area contributed by atoms with Crippen LogP contribution in [0.3, 0.4) is 0 Å². The van der Waals surface area contributed by atoms with Crippen LogP contribution in [0, 0.1) is 5.92 Å². The monoisotopic (exact) mass is 304 g/mol. The number of halogens is 1. The summed E-state index contributed by atoms with van der Waals surface area (Å²) in [5.41, 5.74) is 6.00. The molecule has 1 aromatic carbocycles. The number of rotatable bonds is 5. The summed E-state index contributed by atoms with van der Waals surface area (Å²) >= 11 is 5.87. The number of sulfonamides is 1. The highest BCUT2D eigenvalue weighted by molar-refractivity contribution is 7.89. The van der Waals surface area contributed by atoms with Gasteiger partial charge in [0.25, 0.3) is 0 Å². The summed E-state index contributed by atoms with van der Waals surface area (Å²) in [6.07, 6.45) is 0. The first-order chi connectivity index (χ1) is 8.66. The van der Waals surface area contributed by atoms with E-state index in [1.807, 2.05) is 27.7 Å². The van der Waals surface area contributed by atoms with Gasteiger partial charge in [-0.05, 0) is 38.0 Å². The number of hydrogen-bond acceptors (Lipinski definition) is 3. The van der Waals surface area contributed by atoms with Gasteiger partial charge in [0.05, 0.1) is 5.69 Å². The van der Waals surface area contributed by atoms with Gasteiger partial charge in [-0.1, -0.05) is 25.4 Å². The minimum atomic E-state index is -3.62. The lowest BCUT2D eigenvalue weighted by Crippen LogP contribution is -2.39. The summed E-state index contributed by atoms with van der Waals surface area (Å²) < 4.78 is 26.8. The van der Waals surface area contributed by atoms with Crippen LogP contribution in [-0.4, -0.2) is 25.3 Å². The van der Waals surface area contributed by atoms with Gasteiger partial charge in [0.2, 0.25) is 10.0 Å². The lowest BCUT2D eigenvalue weighted by molar-refractivity contribution is 0.319. The highest BCUT2D eigenvalue weighted by atomic mass is 35.5. The topological polar surface area (TPSA) is 63.4 Å². The number of nitrogens with zero attached hydrogens (tertiary/aromatic N) is 1. The molecule has 1 rings (SSSR count). The van der Waals surface area contributed by atoms with E-state index in [1.165, 1.54) is 16.4 Å². The molecule has 4 nitrogen and oxygen atoms in total. The van der Waals surface area contributed by atoms with E-state index in [0.29, 0.717) is 11.6 Å². The van der Waals surface area contributed by atoms with Crippen molar-refractivity contribution in [2.24, 2.45) is 5.92 Å². The maximum absolute atomic E-state index is 12.7. The molecule has 0 saturated heterocycles. The molecular weight excluding hydrogens is 284 g/mol. The fraction of sp³-hybridized carbons (Fsp3) is 0.538. The maximum atomic E-state index is 12.7. The third-order valence-corrected chi connectivity index (χ3v) is 5.02. The predicted molar refractivity (Wildman–Crippen MR) is 79.7 cm³/mol. The molecule has 0 atom stereocenters. The van der Waals surface area contributed by atoms with Gasteiger partial charge in [0.15, 0.2) is 0 Å². The van der Waals surface area contributed by atoms with Crippen molar-refractivity contribution in [3.63, 3.8) is 0 Å². The van der Waals surface area contributed by atoms with Crippen LogP contribution in [0.5, 0.6) is 0 Å². The van der Waals surface area contributed by atoms with Crippen LogP contribution in [0.15, 0.2) is 23.1 Å². The van der Waals surface area contributed by atoms with Crippen LogP contribution in [0.25, 0.3) is 0 Å². The van der Waals surface area contributed by atoms with Gasteiger partial charge >= 0.3 is 0 Å². The lowest BCUT2D eigenvalue weighted by atomic mass is 10.2. The summed E-state index contributed by atoms with van der Waals surface area (Å²) in [7, 11) is -3.62. The second kappa shape index (κ2) is 6.11. The standard InChI is InChI=1S/C13H21ClN2O2S/c1-9(2)8-16(10(3)4)19(17,18)13-7-11(14)5-6-12(13)15/h5-7,9-10H,8,15H2,1-4H3. The van der Waals surface area contributed by atoms with E-state index in [2.05, 4.69) is 0 Å². The average Bonchev–Trinajstić information content (AvgIpc) is 2.28. The van der Waals surface area contributed by atoms with E-state index in [4.69, 9.17) is 17.3 Å². The number of hydrogen-bond donors (Lipinski definition) is 1. The molecule has 0 unspecified atom stereocenters. The van der Waals surface area contributed by atoms with Gasteiger partial charge in [-0.15, -0.1) is 0 Å². The van der Waals surface area contributed by atoms with Crippen molar-refractivity contribution in [2.75, 3.05) is 12.3 Å². The van der Waals surface area contributed by atoms with Crippen LogP contribution in [-0.2, 0) is 10.0 Å². The molecule has 0 heterocycles. The third kappa shape index (κ3) is 3.84. The first-order valence-electron chi connectivity index (χ1n) is 6.23. The first-order valence-corrected chi connectivity index (χ1v) is 8.05. The SMILES string of the molecule is CC(C)CN(C(C)C)S(=O)(=O)c1cc(Cl)ccc1N. The molecule has 2 N–H and O–H groups in total.